The lowest BCUT2D eigenvalue weighted by atomic mass is 10.2. The van der Waals surface area contributed by atoms with Crippen molar-refractivity contribution in [3.05, 3.63) is 68.1 Å². The number of nitrogens with zero attached hydrogens (tertiary/aromatic N) is 5. The molecule has 0 aliphatic heterocycles. The number of rotatable bonds is 5. The lowest BCUT2D eigenvalue weighted by Crippen LogP contribution is -2.40. The average molecular weight is 409 g/mol. The van der Waals surface area contributed by atoms with Gasteiger partial charge < -0.3 is 9.30 Å². The Morgan fingerprint density at radius 3 is 2.43 bits per heavy atom. The van der Waals surface area contributed by atoms with Gasteiger partial charge in [0, 0.05) is 25.0 Å². The third-order valence-corrected chi connectivity index (χ3v) is 5.58. The van der Waals surface area contributed by atoms with Gasteiger partial charge in [0.2, 0.25) is 5.78 Å². The molecule has 0 saturated carbocycles. The van der Waals surface area contributed by atoms with Gasteiger partial charge in [-0.15, -0.1) is 0 Å². The van der Waals surface area contributed by atoms with Crippen LogP contribution >= 0.6 is 0 Å². The van der Waals surface area contributed by atoms with Crippen LogP contribution in [0.2, 0.25) is 0 Å². The minimum Gasteiger partial charge on any atom is -0.469 e. The number of esters is 1. The van der Waals surface area contributed by atoms with E-state index in [0.717, 1.165) is 21.5 Å². The molecule has 0 unspecified atom stereocenters. The first-order valence-corrected chi connectivity index (χ1v) is 9.63. The Balaban J connectivity index is 1.97. The van der Waals surface area contributed by atoms with Crippen LogP contribution in [0.5, 0.6) is 0 Å². The normalized spacial score (nSPS) is 11.5. The number of carbonyl (C=O) groups excluding carboxylic acids is 1. The van der Waals surface area contributed by atoms with Crippen LogP contribution in [-0.2, 0) is 29.7 Å². The predicted molar refractivity (Wildman–Crippen MR) is 112 cm³/mol. The summed E-state index contributed by atoms with van der Waals surface area (Å²) < 4.78 is 10.9. The fourth-order valence-corrected chi connectivity index (χ4v) is 3.77. The van der Waals surface area contributed by atoms with Crippen molar-refractivity contribution in [2.24, 2.45) is 7.05 Å². The lowest BCUT2D eigenvalue weighted by Gasteiger charge is -2.08. The predicted octanol–water partition coefficient (Wildman–Crippen LogP) is 1.38. The first-order chi connectivity index (χ1) is 14.3. The Labute approximate surface area is 171 Å². The van der Waals surface area contributed by atoms with Gasteiger partial charge in [-0.1, -0.05) is 30.3 Å². The molecule has 156 valence electrons. The molecule has 0 N–H and O–H groups in total. The van der Waals surface area contributed by atoms with Crippen molar-refractivity contribution < 1.29 is 9.53 Å². The maximum absolute atomic E-state index is 13.2. The van der Waals surface area contributed by atoms with Gasteiger partial charge in [-0.25, -0.2) is 4.79 Å². The molecule has 0 aliphatic carbocycles. The van der Waals surface area contributed by atoms with Crippen molar-refractivity contribution in [2.75, 3.05) is 7.11 Å². The highest BCUT2D eigenvalue weighted by Gasteiger charge is 2.22. The van der Waals surface area contributed by atoms with Crippen LogP contribution in [0, 0.1) is 13.8 Å². The van der Waals surface area contributed by atoms with Crippen molar-refractivity contribution in [1.29, 1.82) is 0 Å². The van der Waals surface area contributed by atoms with Crippen molar-refractivity contribution in [3.8, 4) is 0 Å². The molecule has 3 heterocycles. The standard InChI is InChI=1S/C21H23N5O4/c1-13-14(2)26-17-18(22-20(26)25(13)12-15-8-6-5-7-9-15)23(3)21(29)24(19(17)28)11-10-16(27)30-4/h5-9H,10-12H2,1-4H3. The summed E-state index contributed by atoms with van der Waals surface area (Å²) in [6.45, 7) is 4.45. The highest BCUT2D eigenvalue weighted by Crippen LogP contribution is 2.21. The van der Waals surface area contributed by atoms with Crippen LogP contribution in [0.4, 0.5) is 0 Å². The van der Waals surface area contributed by atoms with Crippen molar-refractivity contribution in [2.45, 2.75) is 33.4 Å². The highest BCUT2D eigenvalue weighted by atomic mass is 16.5. The van der Waals surface area contributed by atoms with E-state index >= 15 is 0 Å². The Morgan fingerprint density at radius 1 is 1.07 bits per heavy atom. The fraction of sp³-hybridized carbons (Fsp3) is 0.333. The molecule has 0 saturated heterocycles. The summed E-state index contributed by atoms with van der Waals surface area (Å²) in [6.07, 6.45) is -0.0634. The number of hydrogen-bond donors (Lipinski definition) is 0. The number of aryl methyl sites for hydroxylation is 2. The molecule has 0 bridgehead atoms. The zero-order chi connectivity index (χ0) is 21.6. The zero-order valence-electron chi connectivity index (χ0n) is 17.4. The van der Waals surface area contributed by atoms with Crippen LogP contribution in [0.3, 0.4) is 0 Å². The minimum atomic E-state index is -0.513. The average Bonchev–Trinajstić information content (AvgIpc) is 3.24. The van der Waals surface area contributed by atoms with E-state index in [0.29, 0.717) is 23.5 Å². The molecule has 3 aromatic heterocycles. The Kier molecular flexibility index (Phi) is 4.81. The van der Waals surface area contributed by atoms with Crippen molar-refractivity contribution >= 4 is 22.9 Å². The smallest absolute Gasteiger partial charge is 0.332 e. The molecule has 9 heteroatoms. The van der Waals surface area contributed by atoms with Crippen LogP contribution in [0.15, 0.2) is 39.9 Å². The monoisotopic (exact) mass is 409 g/mol. The van der Waals surface area contributed by atoms with Gasteiger partial charge >= 0.3 is 11.7 Å². The number of aromatic nitrogens is 5. The molecule has 0 atom stereocenters. The van der Waals surface area contributed by atoms with Gasteiger partial charge in [0.15, 0.2) is 11.2 Å². The van der Waals surface area contributed by atoms with Crippen LogP contribution in [-0.4, -0.2) is 36.2 Å². The molecule has 4 rings (SSSR count). The molecule has 0 fully saturated rings. The van der Waals surface area contributed by atoms with Crippen LogP contribution < -0.4 is 11.2 Å². The molecular formula is C21H23N5O4. The van der Waals surface area contributed by atoms with E-state index in [1.165, 1.54) is 11.7 Å². The second-order valence-electron chi connectivity index (χ2n) is 7.29. The summed E-state index contributed by atoms with van der Waals surface area (Å²) in [5.74, 6) is 0.116. The number of imidazole rings is 2. The molecule has 9 nitrogen and oxygen atoms in total. The van der Waals surface area contributed by atoms with E-state index in [1.54, 1.807) is 11.4 Å². The Hall–Kier alpha value is -3.62. The summed E-state index contributed by atoms with van der Waals surface area (Å²) >= 11 is 0. The molecule has 0 aliphatic rings. The van der Waals surface area contributed by atoms with Gasteiger partial charge in [0.25, 0.3) is 5.56 Å². The molecule has 0 spiro atoms. The number of fused-ring (bicyclic) bond motifs is 3. The van der Waals surface area contributed by atoms with Gasteiger partial charge in [-0.3, -0.25) is 23.1 Å². The number of ether oxygens (including phenoxy) is 1. The Morgan fingerprint density at radius 2 is 1.77 bits per heavy atom. The summed E-state index contributed by atoms with van der Waals surface area (Å²) in [4.78, 5) is 42.2. The van der Waals surface area contributed by atoms with Gasteiger partial charge in [-0.2, -0.15) is 4.98 Å². The third-order valence-electron chi connectivity index (χ3n) is 5.58. The molecule has 4 aromatic rings. The highest BCUT2D eigenvalue weighted by molar-refractivity contribution is 5.76. The first-order valence-electron chi connectivity index (χ1n) is 9.63. The number of hydrogen-bond acceptors (Lipinski definition) is 5. The van der Waals surface area contributed by atoms with Crippen molar-refractivity contribution in [1.82, 2.24) is 23.1 Å². The zero-order valence-corrected chi connectivity index (χ0v) is 17.4. The molecule has 0 radical (unpaired) electrons. The van der Waals surface area contributed by atoms with E-state index < -0.39 is 17.2 Å². The van der Waals surface area contributed by atoms with E-state index in [9.17, 15) is 14.4 Å². The maximum atomic E-state index is 13.2. The van der Waals surface area contributed by atoms with Gasteiger partial charge in [-0.05, 0) is 19.4 Å². The largest absolute Gasteiger partial charge is 0.469 e. The fourth-order valence-electron chi connectivity index (χ4n) is 3.77. The molecule has 0 amide bonds. The van der Waals surface area contributed by atoms with Crippen LogP contribution in [0.1, 0.15) is 23.4 Å². The molecule has 30 heavy (non-hydrogen) atoms. The SMILES string of the molecule is COC(=O)CCn1c(=O)c2c(nc3n(Cc4ccccc4)c(C)c(C)n23)n(C)c1=O. The second-order valence-corrected chi connectivity index (χ2v) is 7.29. The molecule has 1 aromatic carbocycles. The number of benzene rings is 1. The van der Waals surface area contributed by atoms with Gasteiger partial charge in [0.1, 0.15) is 0 Å². The van der Waals surface area contributed by atoms with E-state index in [2.05, 4.69) is 9.72 Å². The quantitative estimate of drug-likeness (QED) is 0.464. The Bertz CT molecular complexity index is 1390. The second kappa shape index (κ2) is 7.33. The van der Waals surface area contributed by atoms with Crippen LogP contribution in [0.25, 0.3) is 16.9 Å². The topological polar surface area (TPSA) is 92.5 Å². The van der Waals surface area contributed by atoms with E-state index in [1.807, 2.05) is 48.7 Å². The number of carbonyl (C=O) groups is 1. The number of methoxy groups -OCH3 is 1. The summed E-state index contributed by atoms with van der Waals surface area (Å²) in [7, 11) is 2.85. The van der Waals surface area contributed by atoms with E-state index in [4.69, 9.17) is 0 Å². The maximum Gasteiger partial charge on any atom is 0.332 e. The summed E-state index contributed by atoms with van der Waals surface area (Å²) in [6, 6.07) is 9.98. The van der Waals surface area contributed by atoms with Crippen molar-refractivity contribution in [3.63, 3.8) is 0 Å². The van der Waals surface area contributed by atoms with E-state index in [-0.39, 0.29) is 13.0 Å². The summed E-state index contributed by atoms with van der Waals surface area (Å²) in [5, 5.41) is 0. The first kappa shape index (κ1) is 19.7. The summed E-state index contributed by atoms with van der Waals surface area (Å²) in [5.41, 5.74) is 2.63. The molecular weight excluding hydrogens is 386 g/mol. The minimum absolute atomic E-state index is 0.0515. The lowest BCUT2D eigenvalue weighted by molar-refractivity contribution is -0.140. The third kappa shape index (κ3) is 2.94. The van der Waals surface area contributed by atoms with Gasteiger partial charge in [0.05, 0.1) is 20.1 Å².